The monoisotopic (exact) mass is 1510 g/mol. The highest BCUT2D eigenvalue weighted by Gasteiger charge is 2.23. The van der Waals surface area contributed by atoms with Crippen LogP contribution in [0.15, 0.2) is 425 Å². The summed E-state index contributed by atoms with van der Waals surface area (Å²) in [6.07, 6.45) is 0. The SMILES string of the molecule is c1ccc(-c2ccc(-n3c4ccccc4c4cc5c6ccccc6n(-c6cccc(-c7cccc(-c8nc(-c9ccccc9)nc(-c9ccccc9)n8)c7)c6)c5cc43)cc2)cc1.c1ccc(-c2cccc(-c3nc(-c4ccccc4)nc(-c4ccc(-n5c6ccccc6c6cc7c8ccccc8n(-c8ccccc8)c7cc65)cc4)n3)c2)cc1. The number of benzene rings is 17. The lowest BCUT2D eigenvalue weighted by Crippen LogP contribution is -2.01. The van der Waals surface area contributed by atoms with Gasteiger partial charge in [-0.25, -0.2) is 29.9 Å². The van der Waals surface area contributed by atoms with Crippen LogP contribution in [0.25, 0.3) is 212 Å². The van der Waals surface area contributed by atoms with Gasteiger partial charge in [-0.2, -0.15) is 0 Å². The number of hydrogen-bond acceptors (Lipinski definition) is 6. The average Bonchev–Trinajstić information content (AvgIpc) is 1.56. The van der Waals surface area contributed by atoms with Gasteiger partial charge in [-0.3, -0.25) is 0 Å². The minimum atomic E-state index is 0.627. The molecule has 118 heavy (non-hydrogen) atoms. The summed E-state index contributed by atoms with van der Waals surface area (Å²) in [5.41, 5.74) is 26.2. The van der Waals surface area contributed by atoms with Crippen molar-refractivity contribution in [2.45, 2.75) is 0 Å². The molecule has 17 aromatic carbocycles. The zero-order valence-electron chi connectivity index (χ0n) is 63.9. The second-order valence-corrected chi connectivity index (χ2v) is 29.8. The molecule has 0 N–H and O–H groups in total. The van der Waals surface area contributed by atoms with Gasteiger partial charge in [0.05, 0.1) is 44.1 Å². The Hall–Kier alpha value is -16.0. The van der Waals surface area contributed by atoms with Gasteiger partial charge >= 0.3 is 0 Å². The van der Waals surface area contributed by atoms with Gasteiger partial charge < -0.3 is 18.3 Å². The van der Waals surface area contributed by atoms with E-state index in [-0.39, 0.29) is 0 Å². The van der Waals surface area contributed by atoms with Gasteiger partial charge in [0.1, 0.15) is 0 Å². The van der Waals surface area contributed by atoms with Crippen LogP contribution in [0.4, 0.5) is 0 Å². The van der Waals surface area contributed by atoms with Gasteiger partial charge in [0.2, 0.25) is 0 Å². The van der Waals surface area contributed by atoms with Crippen LogP contribution in [-0.4, -0.2) is 48.2 Å². The standard InChI is InChI=1S/C57H37N5.C51H33N5/c1-4-16-38(17-5-1)39-30-32-45(33-31-39)61-51-28-12-10-26-47(51)49-36-50-48-27-11-13-29-52(48)62(54(50)37-53(49)61)46-25-15-23-43(35-46)42-22-14-24-44(34-42)57-59-55(40-18-6-2-7-19-40)58-56(60-57)41-20-8-3-9-21-41;1-4-15-34(16-5-1)37-19-14-20-38(31-37)51-53-49(35-17-6-2-7-18-35)52-50(54-51)36-27-29-40(30-28-36)56-46-26-13-11-24-42(46)44-32-43-41-23-10-12-25-45(41)55(47(43)33-48(44)56)39-21-8-3-9-22-39/h1-37H;1-33H. The van der Waals surface area contributed by atoms with E-state index >= 15 is 0 Å². The quantitative estimate of drug-likeness (QED) is 0.114. The molecule has 0 atom stereocenters. The van der Waals surface area contributed by atoms with E-state index in [9.17, 15) is 0 Å². The van der Waals surface area contributed by atoms with E-state index in [4.69, 9.17) is 29.9 Å². The summed E-state index contributed by atoms with van der Waals surface area (Å²) in [4.78, 5) is 30.1. The Bertz CT molecular complexity index is 7690. The summed E-state index contributed by atoms with van der Waals surface area (Å²) in [5.74, 6) is 3.82. The number of hydrogen-bond donors (Lipinski definition) is 0. The number of rotatable bonds is 13. The smallest absolute Gasteiger partial charge is 0.164 e. The molecule has 23 rings (SSSR count). The van der Waals surface area contributed by atoms with Gasteiger partial charge in [0.15, 0.2) is 34.9 Å². The highest BCUT2D eigenvalue weighted by Crippen LogP contribution is 2.44. The van der Waals surface area contributed by atoms with Crippen molar-refractivity contribution in [3.05, 3.63) is 425 Å². The molecule has 0 fully saturated rings. The Morgan fingerprint density at radius 1 is 0.119 bits per heavy atom. The summed E-state index contributed by atoms with van der Waals surface area (Å²) >= 11 is 0. The normalized spacial score (nSPS) is 11.6. The topological polar surface area (TPSA) is 97.1 Å². The first kappa shape index (κ1) is 68.7. The molecule has 0 spiro atoms. The first-order chi connectivity index (χ1) is 58.5. The molecular weight excluding hydrogens is 1440 g/mol. The van der Waals surface area contributed by atoms with Crippen molar-refractivity contribution in [1.82, 2.24) is 48.2 Å². The molecule has 0 amide bonds. The Morgan fingerprint density at radius 2 is 0.339 bits per heavy atom. The van der Waals surface area contributed by atoms with Crippen LogP contribution in [-0.2, 0) is 0 Å². The van der Waals surface area contributed by atoms with Crippen molar-refractivity contribution >= 4 is 87.2 Å². The van der Waals surface area contributed by atoms with Gasteiger partial charge in [-0.1, -0.05) is 303 Å². The van der Waals surface area contributed by atoms with E-state index in [1.54, 1.807) is 0 Å². The first-order valence-corrected chi connectivity index (χ1v) is 39.8. The third-order valence-electron chi connectivity index (χ3n) is 22.7. The predicted octanol–water partition coefficient (Wildman–Crippen LogP) is 27.1. The predicted molar refractivity (Wildman–Crippen MR) is 486 cm³/mol. The van der Waals surface area contributed by atoms with Crippen molar-refractivity contribution in [1.29, 1.82) is 0 Å². The molecule has 0 aliphatic heterocycles. The minimum Gasteiger partial charge on any atom is -0.309 e. The third-order valence-corrected chi connectivity index (χ3v) is 22.7. The summed E-state index contributed by atoms with van der Waals surface area (Å²) in [6.45, 7) is 0. The second kappa shape index (κ2) is 29.2. The largest absolute Gasteiger partial charge is 0.309 e. The Labute approximate surface area is 680 Å². The molecule has 0 saturated carbocycles. The molecule has 552 valence electrons. The maximum Gasteiger partial charge on any atom is 0.164 e. The Kier molecular flexibility index (Phi) is 17.0. The van der Waals surface area contributed by atoms with Gasteiger partial charge in [-0.15, -0.1) is 0 Å². The van der Waals surface area contributed by atoms with Crippen molar-refractivity contribution in [3.8, 4) is 124 Å². The molecule has 6 heterocycles. The molecule has 10 nitrogen and oxygen atoms in total. The van der Waals surface area contributed by atoms with Crippen molar-refractivity contribution in [2.24, 2.45) is 0 Å². The van der Waals surface area contributed by atoms with Crippen molar-refractivity contribution < 1.29 is 0 Å². The number of fused-ring (bicyclic) bond motifs is 12. The molecule has 10 heteroatoms. The van der Waals surface area contributed by atoms with Crippen LogP contribution >= 0.6 is 0 Å². The van der Waals surface area contributed by atoms with E-state index < -0.39 is 0 Å². The third kappa shape index (κ3) is 12.3. The number of aromatic nitrogens is 10. The van der Waals surface area contributed by atoms with E-state index in [0.717, 1.165) is 100 Å². The van der Waals surface area contributed by atoms with E-state index in [1.807, 2.05) is 97.1 Å². The van der Waals surface area contributed by atoms with Gasteiger partial charge in [-0.05, 0) is 155 Å². The first-order valence-electron chi connectivity index (χ1n) is 39.8. The molecular formula is C108H70N10. The molecule has 0 saturated heterocycles. The van der Waals surface area contributed by atoms with E-state index in [1.165, 1.54) is 76.3 Å². The molecule has 23 aromatic rings. The zero-order valence-corrected chi connectivity index (χ0v) is 63.9. The number of nitrogens with zero attached hydrogens (tertiary/aromatic N) is 10. The zero-order chi connectivity index (χ0) is 78.0. The lowest BCUT2D eigenvalue weighted by Gasteiger charge is -2.13. The van der Waals surface area contributed by atoms with Crippen LogP contribution < -0.4 is 0 Å². The molecule has 0 bridgehead atoms. The summed E-state index contributed by atoms with van der Waals surface area (Å²) in [6, 6.07) is 150. The highest BCUT2D eigenvalue weighted by atomic mass is 15.1. The average molecular weight is 1510 g/mol. The molecule has 0 radical (unpaired) electrons. The van der Waals surface area contributed by atoms with Crippen LogP contribution in [0.5, 0.6) is 0 Å². The second-order valence-electron chi connectivity index (χ2n) is 29.8. The summed E-state index contributed by atoms with van der Waals surface area (Å²) < 4.78 is 9.59. The minimum absolute atomic E-state index is 0.627. The molecule has 6 aromatic heterocycles. The lowest BCUT2D eigenvalue weighted by atomic mass is 10.0. The van der Waals surface area contributed by atoms with E-state index in [2.05, 4.69) is 346 Å². The Balaban J connectivity index is 0.000000143. The molecule has 0 aliphatic carbocycles. The summed E-state index contributed by atoms with van der Waals surface area (Å²) in [7, 11) is 0. The molecule has 0 aliphatic rings. The van der Waals surface area contributed by atoms with Crippen LogP contribution in [0.2, 0.25) is 0 Å². The highest BCUT2D eigenvalue weighted by molar-refractivity contribution is 6.21. The van der Waals surface area contributed by atoms with Gasteiger partial charge in [0, 0.05) is 99.2 Å². The van der Waals surface area contributed by atoms with Gasteiger partial charge in [0.25, 0.3) is 0 Å². The maximum atomic E-state index is 5.09. The molecule has 0 unspecified atom stereocenters. The van der Waals surface area contributed by atoms with Crippen LogP contribution in [0.3, 0.4) is 0 Å². The van der Waals surface area contributed by atoms with Crippen molar-refractivity contribution in [2.75, 3.05) is 0 Å². The fraction of sp³-hybridized carbons (Fsp3) is 0. The fourth-order valence-electron chi connectivity index (χ4n) is 17.2. The Morgan fingerprint density at radius 3 is 0.703 bits per heavy atom. The maximum absolute atomic E-state index is 5.09. The van der Waals surface area contributed by atoms with E-state index in [0.29, 0.717) is 34.9 Å². The van der Waals surface area contributed by atoms with Crippen LogP contribution in [0.1, 0.15) is 0 Å². The van der Waals surface area contributed by atoms with Crippen molar-refractivity contribution in [3.63, 3.8) is 0 Å². The fourth-order valence-corrected chi connectivity index (χ4v) is 17.2. The number of para-hydroxylation sites is 5. The van der Waals surface area contributed by atoms with Crippen LogP contribution in [0, 0.1) is 0 Å². The lowest BCUT2D eigenvalue weighted by molar-refractivity contribution is 1.07. The summed E-state index contributed by atoms with van der Waals surface area (Å²) in [5, 5.41) is 9.84.